The van der Waals surface area contributed by atoms with Gasteiger partial charge in [-0.15, -0.1) is 0 Å². The Bertz CT molecular complexity index is 525. The van der Waals surface area contributed by atoms with Crippen LogP contribution in [0.25, 0.3) is 0 Å². The fraction of sp³-hybridized carbons (Fsp3) is 0.533. The van der Waals surface area contributed by atoms with Crippen LogP contribution in [-0.4, -0.2) is 28.6 Å². The van der Waals surface area contributed by atoms with Crippen LogP contribution >= 0.6 is 11.6 Å². The van der Waals surface area contributed by atoms with Crippen LogP contribution in [0.5, 0.6) is 0 Å². The van der Waals surface area contributed by atoms with E-state index in [1.54, 1.807) is 6.07 Å². The van der Waals surface area contributed by atoms with E-state index < -0.39 is 11.9 Å². The lowest BCUT2D eigenvalue weighted by molar-refractivity contribution is 0.0822. The van der Waals surface area contributed by atoms with Crippen molar-refractivity contribution >= 4 is 11.6 Å². The molecular weight excluding hydrogens is 279 g/mol. The number of nitrogens with zero attached hydrogens (tertiary/aromatic N) is 2. The van der Waals surface area contributed by atoms with E-state index in [4.69, 9.17) is 16.9 Å². The van der Waals surface area contributed by atoms with Gasteiger partial charge in [0.25, 0.3) is 0 Å². The molecule has 0 bridgehead atoms. The summed E-state index contributed by atoms with van der Waals surface area (Å²) in [5, 5.41) is 19.3. The summed E-state index contributed by atoms with van der Waals surface area (Å²) >= 11 is 5.71. The predicted molar refractivity (Wildman–Crippen MR) is 75.8 cm³/mol. The van der Waals surface area contributed by atoms with Crippen molar-refractivity contribution in [3.8, 4) is 6.07 Å². The first-order valence-corrected chi connectivity index (χ1v) is 7.09. The summed E-state index contributed by atoms with van der Waals surface area (Å²) in [5.41, 5.74) is 0.293. The van der Waals surface area contributed by atoms with Gasteiger partial charge in [-0.25, -0.2) is 4.39 Å². The van der Waals surface area contributed by atoms with Gasteiger partial charge >= 0.3 is 0 Å². The average molecular weight is 297 g/mol. The molecule has 0 aromatic heterocycles. The first-order chi connectivity index (χ1) is 9.46. The molecule has 1 aliphatic carbocycles. The number of hydrogen-bond acceptors (Lipinski definition) is 3. The maximum absolute atomic E-state index is 13.8. The molecule has 0 amide bonds. The van der Waals surface area contributed by atoms with Crippen molar-refractivity contribution in [1.29, 1.82) is 5.26 Å². The standard InChI is InChI=1S/C15H18ClFN2O/c1-15(5-6-15)19(8-2-7-18)10-14(20)12-4-3-11(16)9-13(12)17/h3-4,9,14,20H,2,5-6,8,10H2,1H3/t14-/m1/s1. The summed E-state index contributed by atoms with van der Waals surface area (Å²) in [6.45, 7) is 3.03. The molecule has 0 spiro atoms. The molecule has 1 aromatic carbocycles. The van der Waals surface area contributed by atoms with Crippen molar-refractivity contribution in [2.45, 2.75) is 37.8 Å². The molecule has 0 heterocycles. The molecule has 0 aliphatic heterocycles. The Labute approximate surface area is 123 Å². The van der Waals surface area contributed by atoms with E-state index in [9.17, 15) is 9.50 Å². The fourth-order valence-corrected chi connectivity index (χ4v) is 2.50. The van der Waals surface area contributed by atoms with Gasteiger partial charge in [0.15, 0.2) is 0 Å². The molecule has 2 rings (SSSR count). The van der Waals surface area contributed by atoms with Crippen molar-refractivity contribution in [3.05, 3.63) is 34.6 Å². The van der Waals surface area contributed by atoms with Gasteiger partial charge in [0, 0.05) is 35.6 Å². The van der Waals surface area contributed by atoms with Gasteiger partial charge in [0.05, 0.1) is 12.2 Å². The number of rotatable bonds is 6. The molecule has 0 unspecified atom stereocenters. The number of β-amino-alcohol motifs (C(OH)–C–C–N with tert-alkyl or cyclic N) is 1. The molecule has 1 aromatic rings. The number of nitriles is 1. The molecule has 1 saturated carbocycles. The number of benzene rings is 1. The second-order valence-electron chi connectivity index (χ2n) is 5.53. The third kappa shape index (κ3) is 3.49. The zero-order valence-electron chi connectivity index (χ0n) is 11.4. The van der Waals surface area contributed by atoms with Crippen LogP contribution < -0.4 is 0 Å². The summed E-state index contributed by atoms with van der Waals surface area (Å²) in [4.78, 5) is 2.08. The summed E-state index contributed by atoms with van der Waals surface area (Å²) in [7, 11) is 0. The third-order valence-electron chi connectivity index (χ3n) is 3.95. The number of halogens is 2. The third-order valence-corrected chi connectivity index (χ3v) is 4.18. The van der Waals surface area contributed by atoms with Crippen LogP contribution in [0.2, 0.25) is 5.02 Å². The zero-order valence-corrected chi connectivity index (χ0v) is 12.2. The smallest absolute Gasteiger partial charge is 0.130 e. The van der Waals surface area contributed by atoms with Gasteiger partial charge in [-0.05, 0) is 31.9 Å². The average Bonchev–Trinajstić information content (AvgIpc) is 3.13. The monoisotopic (exact) mass is 296 g/mol. The van der Waals surface area contributed by atoms with E-state index in [1.807, 2.05) is 0 Å². The van der Waals surface area contributed by atoms with Gasteiger partial charge in [0.1, 0.15) is 5.82 Å². The molecule has 1 fully saturated rings. The van der Waals surface area contributed by atoms with Gasteiger partial charge in [-0.2, -0.15) is 5.26 Å². The molecule has 20 heavy (non-hydrogen) atoms. The molecule has 1 atom stereocenters. The van der Waals surface area contributed by atoms with E-state index in [-0.39, 0.29) is 11.1 Å². The lowest BCUT2D eigenvalue weighted by Gasteiger charge is -2.30. The highest BCUT2D eigenvalue weighted by atomic mass is 35.5. The van der Waals surface area contributed by atoms with Crippen LogP contribution in [0.4, 0.5) is 4.39 Å². The van der Waals surface area contributed by atoms with Gasteiger partial charge in [-0.1, -0.05) is 17.7 Å². The quantitative estimate of drug-likeness (QED) is 0.876. The van der Waals surface area contributed by atoms with E-state index in [0.717, 1.165) is 12.8 Å². The number of aliphatic hydroxyl groups is 1. The van der Waals surface area contributed by atoms with Crippen LogP contribution in [-0.2, 0) is 0 Å². The highest BCUT2D eigenvalue weighted by Crippen LogP contribution is 2.42. The largest absolute Gasteiger partial charge is 0.387 e. The van der Waals surface area contributed by atoms with Crippen LogP contribution in [0.3, 0.4) is 0 Å². The van der Waals surface area contributed by atoms with Crippen molar-refractivity contribution in [2.24, 2.45) is 0 Å². The SMILES string of the molecule is CC1(N(CCC#N)C[C@@H](O)c2ccc(Cl)cc2F)CC1. The minimum atomic E-state index is -0.914. The Morgan fingerprint density at radius 1 is 1.55 bits per heavy atom. The maximum atomic E-state index is 13.8. The lowest BCUT2D eigenvalue weighted by atomic mass is 10.1. The Morgan fingerprint density at radius 3 is 2.80 bits per heavy atom. The molecule has 0 radical (unpaired) electrons. The van der Waals surface area contributed by atoms with Gasteiger partial charge < -0.3 is 5.11 Å². The lowest BCUT2D eigenvalue weighted by Crippen LogP contribution is -2.39. The Balaban J connectivity index is 2.08. The molecule has 1 N–H and O–H groups in total. The number of hydrogen-bond donors (Lipinski definition) is 1. The summed E-state index contributed by atoms with van der Waals surface area (Å²) < 4.78 is 13.8. The minimum Gasteiger partial charge on any atom is -0.387 e. The topological polar surface area (TPSA) is 47.3 Å². The fourth-order valence-electron chi connectivity index (χ4n) is 2.34. The highest BCUT2D eigenvalue weighted by Gasteiger charge is 2.43. The van der Waals surface area contributed by atoms with Gasteiger partial charge in [0.2, 0.25) is 0 Å². The first-order valence-electron chi connectivity index (χ1n) is 6.71. The van der Waals surface area contributed by atoms with Crippen LogP contribution in [0.15, 0.2) is 18.2 Å². The molecule has 1 aliphatic rings. The van der Waals surface area contributed by atoms with Crippen LogP contribution in [0, 0.1) is 17.1 Å². The first kappa shape index (κ1) is 15.2. The van der Waals surface area contributed by atoms with E-state index in [2.05, 4.69) is 17.9 Å². The van der Waals surface area contributed by atoms with Crippen molar-refractivity contribution in [1.82, 2.24) is 4.90 Å². The maximum Gasteiger partial charge on any atom is 0.130 e. The summed E-state index contributed by atoms with van der Waals surface area (Å²) in [6.07, 6.45) is 1.59. The summed E-state index contributed by atoms with van der Waals surface area (Å²) in [6, 6.07) is 6.41. The van der Waals surface area contributed by atoms with Crippen molar-refractivity contribution < 1.29 is 9.50 Å². The minimum absolute atomic E-state index is 0.0424. The van der Waals surface area contributed by atoms with Crippen molar-refractivity contribution in [3.63, 3.8) is 0 Å². The molecule has 0 saturated heterocycles. The Morgan fingerprint density at radius 2 is 2.25 bits per heavy atom. The second kappa shape index (κ2) is 6.09. The number of aliphatic hydroxyl groups excluding tert-OH is 1. The van der Waals surface area contributed by atoms with E-state index in [0.29, 0.717) is 24.5 Å². The second-order valence-corrected chi connectivity index (χ2v) is 5.97. The zero-order chi connectivity index (χ0) is 14.8. The van der Waals surface area contributed by atoms with Crippen molar-refractivity contribution in [2.75, 3.05) is 13.1 Å². The highest BCUT2D eigenvalue weighted by molar-refractivity contribution is 6.30. The molecule has 3 nitrogen and oxygen atoms in total. The van der Waals surface area contributed by atoms with Crippen LogP contribution in [0.1, 0.15) is 37.9 Å². The normalized spacial score (nSPS) is 17.8. The molecule has 108 valence electrons. The van der Waals surface area contributed by atoms with E-state index in [1.165, 1.54) is 12.1 Å². The Kier molecular flexibility index (Phi) is 4.64. The predicted octanol–water partition coefficient (Wildman–Crippen LogP) is 3.28. The summed E-state index contributed by atoms with van der Waals surface area (Å²) in [5.74, 6) is -0.494. The van der Waals surface area contributed by atoms with E-state index >= 15 is 0 Å². The Hall–Kier alpha value is -1.15. The molecular formula is C15H18ClFN2O. The molecule has 5 heteroatoms. The van der Waals surface area contributed by atoms with Gasteiger partial charge in [-0.3, -0.25) is 4.90 Å².